The second-order valence-electron chi connectivity index (χ2n) is 3.55. The van der Waals surface area contributed by atoms with E-state index in [1.54, 1.807) is 16.9 Å². The Kier molecular flexibility index (Phi) is 3.01. The third-order valence-electron chi connectivity index (χ3n) is 2.15. The first-order valence-electron chi connectivity index (χ1n) is 4.97. The molecule has 88 valence electrons. The van der Waals surface area contributed by atoms with Gasteiger partial charge in [-0.2, -0.15) is 5.10 Å². The fourth-order valence-electron chi connectivity index (χ4n) is 1.40. The van der Waals surface area contributed by atoms with Gasteiger partial charge in [0.25, 0.3) is 0 Å². The van der Waals surface area contributed by atoms with E-state index in [1.807, 2.05) is 20.0 Å². The Morgan fingerprint density at radius 3 is 2.88 bits per heavy atom. The molecule has 2 aromatic heterocycles. The normalized spacial score (nSPS) is 10.2. The first-order valence-corrected chi connectivity index (χ1v) is 5.37. The van der Waals surface area contributed by atoms with Crippen molar-refractivity contribution in [2.24, 2.45) is 12.8 Å². The van der Waals surface area contributed by atoms with E-state index in [9.17, 15) is 0 Å². The third-order valence-corrected chi connectivity index (χ3v) is 2.36. The van der Waals surface area contributed by atoms with Crippen LogP contribution in [0.1, 0.15) is 11.4 Å². The summed E-state index contributed by atoms with van der Waals surface area (Å²) in [5.41, 5.74) is 6.96. The first-order chi connectivity index (χ1) is 8.06. The molecule has 6 nitrogen and oxygen atoms in total. The molecular formula is C10H12N6S. The highest BCUT2D eigenvalue weighted by Gasteiger charge is 2.05. The standard InChI is InChI=1S/C10H12N6S/c1-6-5-8(16(2)15-6)14-10-12-4-3-7(13-10)9(11)17/h3-5H,1-2H3,(H2,11,17)(H,12,13,14). The Morgan fingerprint density at radius 2 is 2.29 bits per heavy atom. The van der Waals surface area contributed by atoms with E-state index in [-0.39, 0.29) is 4.99 Å². The topological polar surface area (TPSA) is 81.6 Å². The van der Waals surface area contributed by atoms with Gasteiger partial charge >= 0.3 is 0 Å². The van der Waals surface area contributed by atoms with Crippen LogP contribution in [0, 0.1) is 6.92 Å². The van der Waals surface area contributed by atoms with E-state index in [0.29, 0.717) is 11.6 Å². The number of rotatable bonds is 3. The smallest absolute Gasteiger partial charge is 0.228 e. The van der Waals surface area contributed by atoms with Crippen LogP contribution in [0.3, 0.4) is 0 Å². The molecule has 0 bridgehead atoms. The van der Waals surface area contributed by atoms with Crippen molar-refractivity contribution in [3.63, 3.8) is 0 Å². The lowest BCUT2D eigenvalue weighted by atomic mass is 10.4. The molecule has 2 rings (SSSR count). The molecule has 0 radical (unpaired) electrons. The van der Waals surface area contributed by atoms with Crippen LogP contribution >= 0.6 is 12.2 Å². The molecule has 0 aliphatic rings. The van der Waals surface area contributed by atoms with E-state index in [4.69, 9.17) is 18.0 Å². The monoisotopic (exact) mass is 248 g/mol. The molecular weight excluding hydrogens is 236 g/mol. The van der Waals surface area contributed by atoms with Gasteiger partial charge in [0.2, 0.25) is 5.95 Å². The summed E-state index contributed by atoms with van der Waals surface area (Å²) in [6, 6.07) is 3.57. The van der Waals surface area contributed by atoms with E-state index < -0.39 is 0 Å². The van der Waals surface area contributed by atoms with E-state index >= 15 is 0 Å². The second-order valence-corrected chi connectivity index (χ2v) is 3.99. The van der Waals surface area contributed by atoms with Gasteiger partial charge in [0.1, 0.15) is 16.5 Å². The molecule has 0 amide bonds. The highest BCUT2D eigenvalue weighted by atomic mass is 32.1. The molecule has 3 N–H and O–H groups in total. The lowest BCUT2D eigenvalue weighted by molar-refractivity contribution is 0.763. The molecule has 0 atom stereocenters. The maximum absolute atomic E-state index is 5.51. The average molecular weight is 248 g/mol. The van der Waals surface area contributed by atoms with Gasteiger partial charge in [-0.3, -0.25) is 4.68 Å². The molecule has 0 fully saturated rings. The van der Waals surface area contributed by atoms with E-state index in [0.717, 1.165) is 11.5 Å². The SMILES string of the molecule is Cc1cc(Nc2nccc(C(N)=S)n2)n(C)n1. The lowest BCUT2D eigenvalue weighted by Crippen LogP contribution is -2.13. The molecule has 0 saturated carbocycles. The van der Waals surface area contributed by atoms with Crippen LogP contribution in [0.25, 0.3) is 0 Å². The van der Waals surface area contributed by atoms with Gasteiger partial charge in [0, 0.05) is 19.3 Å². The number of nitrogens with zero attached hydrogens (tertiary/aromatic N) is 4. The fraction of sp³-hybridized carbons (Fsp3) is 0.200. The largest absolute Gasteiger partial charge is 0.388 e. The Bertz CT molecular complexity index is 562. The van der Waals surface area contributed by atoms with Crippen LogP contribution < -0.4 is 11.1 Å². The van der Waals surface area contributed by atoms with Crippen LogP contribution in [0.5, 0.6) is 0 Å². The fourth-order valence-corrected chi connectivity index (χ4v) is 1.51. The van der Waals surface area contributed by atoms with Crippen molar-refractivity contribution in [2.75, 3.05) is 5.32 Å². The Morgan fingerprint density at radius 1 is 1.53 bits per heavy atom. The molecule has 7 heteroatoms. The molecule has 0 aromatic carbocycles. The average Bonchev–Trinajstić information content (AvgIpc) is 2.58. The van der Waals surface area contributed by atoms with E-state index in [2.05, 4.69) is 20.4 Å². The second kappa shape index (κ2) is 4.46. The Labute approximate surface area is 104 Å². The van der Waals surface area contributed by atoms with Crippen molar-refractivity contribution in [1.29, 1.82) is 0 Å². The molecule has 0 aliphatic heterocycles. The number of aromatic nitrogens is 4. The van der Waals surface area contributed by atoms with Gasteiger partial charge < -0.3 is 11.1 Å². The summed E-state index contributed by atoms with van der Waals surface area (Å²) in [7, 11) is 1.84. The number of nitrogens with two attached hydrogens (primary N) is 1. The minimum Gasteiger partial charge on any atom is -0.388 e. The number of thiocarbonyl (C=S) groups is 1. The van der Waals surface area contributed by atoms with Crippen molar-refractivity contribution in [3.05, 3.63) is 29.7 Å². The summed E-state index contributed by atoms with van der Waals surface area (Å²) in [5, 5.41) is 7.26. The first kappa shape index (κ1) is 11.5. The minimum atomic E-state index is 0.247. The molecule has 17 heavy (non-hydrogen) atoms. The summed E-state index contributed by atoms with van der Waals surface area (Å²) in [5.74, 6) is 1.25. The minimum absolute atomic E-state index is 0.247. The van der Waals surface area contributed by atoms with E-state index in [1.165, 1.54) is 0 Å². The number of hydrogen-bond acceptors (Lipinski definition) is 5. The summed E-state index contributed by atoms with van der Waals surface area (Å²) < 4.78 is 1.71. The summed E-state index contributed by atoms with van der Waals surface area (Å²) in [6.45, 7) is 1.91. The van der Waals surface area contributed by atoms with Gasteiger partial charge in [0.05, 0.1) is 5.69 Å². The molecule has 0 aliphatic carbocycles. The zero-order valence-corrected chi connectivity index (χ0v) is 10.3. The van der Waals surface area contributed by atoms with Crippen LogP contribution in [-0.4, -0.2) is 24.7 Å². The predicted octanol–water partition coefficient (Wildman–Crippen LogP) is 0.896. The van der Waals surface area contributed by atoms with Crippen LogP contribution in [0.4, 0.5) is 11.8 Å². The van der Waals surface area contributed by atoms with Crippen molar-refractivity contribution in [1.82, 2.24) is 19.7 Å². The van der Waals surface area contributed by atoms with Crippen molar-refractivity contribution in [3.8, 4) is 0 Å². The lowest BCUT2D eigenvalue weighted by Gasteiger charge is -2.05. The van der Waals surface area contributed by atoms with Gasteiger partial charge in [-0.05, 0) is 13.0 Å². The quantitative estimate of drug-likeness (QED) is 0.785. The van der Waals surface area contributed by atoms with Crippen LogP contribution in [-0.2, 0) is 7.05 Å². The van der Waals surface area contributed by atoms with Gasteiger partial charge in [-0.1, -0.05) is 12.2 Å². The van der Waals surface area contributed by atoms with Gasteiger partial charge in [-0.25, -0.2) is 9.97 Å². The number of hydrogen-bond donors (Lipinski definition) is 2. The highest BCUT2D eigenvalue weighted by Crippen LogP contribution is 2.13. The number of anilines is 2. The predicted molar refractivity (Wildman–Crippen MR) is 69.1 cm³/mol. The Hall–Kier alpha value is -2.02. The molecule has 0 saturated heterocycles. The van der Waals surface area contributed by atoms with Crippen LogP contribution in [0.2, 0.25) is 0 Å². The van der Waals surface area contributed by atoms with Gasteiger partial charge in [0.15, 0.2) is 0 Å². The molecule has 0 spiro atoms. The van der Waals surface area contributed by atoms with Crippen molar-refractivity contribution >= 4 is 29.0 Å². The maximum Gasteiger partial charge on any atom is 0.228 e. The number of nitrogens with one attached hydrogen (secondary N) is 1. The molecule has 0 unspecified atom stereocenters. The maximum atomic E-state index is 5.51. The number of aryl methyl sites for hydroxylation is 2. The zero-order valence-electron chi connectivity index (χ0n) is 9.51. The molecule has 2 aromatic rings. The summed E-state index contributed by atoms with van der Waals surface area (Å²) in [4.78, 5) is 8.52. The third kappa shape index (κ3) is 2.56. The summed E-state index contributed by atoms with van der Waals surface area (Å²) >= 11 is 4.86. The molecule has 2 heterocycles. The highest BCUT2D eigenvalue weighted by molar-refractivity contribution is 7.80. The van der Waals surface area contributed by atoms with Crippen LogP contribution in [0.15, 0.2) is 18.3 Å². The summed E-state index contributed by atoms with van der Waals surface area (Å²) in [6.07, 6.45) is 1.60. The van der Waals surface area contributed by atoms with Crippen molar-refractivity contribution < 1.29 is 0 Å². The zero-order chi connectivity index (χ0) is 12.4. The van der Waals surface area contributed by atoms with Crippen molar-refractivity contribution in [2.45, 2.75) is 6.92 Å². The van der Waals surface area contributed by atoms with Gasteiger partial charge in [-0.15, -0.1) is 0 Å². The Balaban J connectivity index is 2.27.